The van der Waals surface area contributed by atoms with Gasteiger partial charge in [-0.2, -0.15) is 0 Å². The van der Waals surface area contributed by atoms with Crippen molar-refractivity contribution in [3.05, 3.63) is 45.0 Å². The Morgan fingerprint density at radius 1 is 1.60 bits per heavy atom. The highest BCUT2D eigenvalue weighted by Crippen LogP contribution is 2.25. The lowest BCUT2D eigenvalue weighted by atomic mass is 10.2. The number of hydrogen-bond donors (Lipinski definition) is 1. The molecule has 0 aromatic heterocycles. The fourth-order valence-corrected chi connectivity index (χ4v) is 1.27. The number of benzene rings is 1. The SMILES string of the molecule is CNCC=Cc1ccc(Cl)c([N+](=O)[O-])c1. The molecule has 1 rings (SSSR count). The van der Waals surface area contributed by atoms with Gasteiger partial charge in [-0.05, 0) is 18.7 Å². The smallest absolute Gasteiger partial charge is 0.288 e. The predicted molar refractivity (Wildman–Crippen MR) is 61.1 cm³/mol. The Morgan fingerprint density at radius 2 is 2.33 bits per heavy atom. The number of hydrogen-bond acceptors (Lipinski definition) is 3. The first-order valence-electron chi connectivity index (χ1n) is 4.40. The topological polar surface area (TPSA) is 55.2 Å². The Morgan fingerprint density at radius 3 is 2.93 bits per heavy atom. The maximum Gasteiger partial charge on any atom is 0.288 e. The quantitative estimate of drug-likeness (QED) is 0.634. The maximum absolute atomic E-state index is 10.6. The molecule has 1 aromatic rings. The molecule has 1 N–H and O–H groups in total. The van der Waals surface area contributed by atoms with Crippen molar-refractivity contribution in [1.82, 2.24) is 5.32 Å². The minimum atomic E-state index is -0.488. The molecule has 1 aromatic carbocycles. The van der Waals surface area contributed by atoms with E-state index in [1.54, 1.807) is 12.1 Å². The second kappa shape index (κ2) is 5.48. The van der Waals surface area contributed by atoms with Crippen molar-refractivity contribution in [2.75, 3.05) is 13.6 Å². The van der Waals surface area contributed by atoms with E-state index in [-0.39, 0.29) is 10.7 Å². The van der Waals surface area contributed by atoms with E-state index in [4.69, 9.17) is 11.6 Å². The first-order chi connectivity index (χ1) is 7.15. The second-order valence-corrected chi connectivity index (χ2v) is 3.34. The van der Waals surface area contributed by atoms with Crippen LogP contribution in [0, 0.1) is 10.1 Å². The molecule has 0 saturated heterocycles. The van der Waals surface area contributed by atoms with Crippen LogP contribution >= 0.6 is 11.6 Å². The van der Waals surface area contributed by atoms with E-state index in [2.05, 4.69) is 5.32 Å². The molecular formula is C10H11ClN2O2. The Kier molecular flexibility index (Phi) is 4.27. The largest absolute Gasteiger partial charge is 0.316 e. The van der Waals surface area contributed by atoms with Crippen LogP contribution in [-0.4, -0.2) is 18.5 Å². The maximum atomic E-state index is 10.6. The molecule has 0 saturated carbocycles. The first kappa shape index (κ1) is 11.7. The lowest BCUT2D eigenvalue weighted by Gasteiger charge is -1.97. The van der Waals surface area contributed by atoms with E-state index in [1.807, 2.05) is 13.1 Å². The van der Waals surface area contributed by atoms with Crippen molar-refractivity contribution in [3.8, 4) is 0 Å². The highest BCUT2D eigenvalue weighted by molar-refractivity contribution is 6.32. The number of halogens is 1. The van der Waals surface area contributed by atoms with Crippen molar-refractivity contribution < 1.29 is 4.92 Å². The molecule has 0 aliphatic carbocycles. The summed E-state index contributed by atoms with van der Waals surface area (Å²) in [6, 6.07) is 4.72. The normalized spacial score (nSPS) is 10.8. The summed E-state index contributed by atoms with van der Waals surface area (Å²) in [6.45, 7) is 0.719. The van der Waals surface area contributed by atoms with Crippen molar-refractivity contribution in [1.29, 1.82) is 0 Å². The van der Waals surface area contributed by atoms with Crippen molar-refractivity contribution in [3.63, 3.8) is 0 Å². The van der Waals surface area contributed by atoms with E-state index in [0.29, 0.717) is 0 Å². The van der Waals surface area contributed by atoms with Crippen molar-refractivity contribution >= 4 is 23.4 Å². The third-order valence-corrected chi connectivity index (χ3v) is 2.12. The average Bonchev–Trinajstić information content (AvgIpc) is 2.20. The van der Waals surface area contributed by atoms with Crippen LogP contribution in [0.1, 0.15) is 5.56 Å². The molecule has 0 heterocycles. The number of likely N-dealkylation sites (N-methyl/N-ethyl adjacent to an activating group) is 1. The minimum absolute atomic E-state index is 0.0664. The highest BCUT2D eigenvalue weighted by atomic mass is 35.5. The van der Waals surface area contributed by atoms with Gasteiger partial charge in [-0.15, -0.1) is 0 Å². The standard InChI is InChI=1S/C10H11ClN2O2/c1-12-6-2-3-8-4-5-9(11)10(7-8)13(14)15/h2-5,7,12H,6H2,1H3. The molecule has 80 valence electrons. The zero-order chi connectivity index (χ0) is 11.3. The summed E-state index contributed by atoms with van der Waals surface area (Å²) >= 11 is 5.67. The zero-order valence-electron chi connectivity index (χ0n) is 8.24. The van der Waals surface area contributed by atoms with Gasteiger partial charge in [0, 0.05) is 12.6 Å². The van der Waals surface area contributed by atoms with Crippen LogP contribution in [0.2, 0.25) is 5.02 Å². The van der Waals surface area contributed by atoms with E-state index in [1.165, 1.54) is 12.1 Å². The van der Waals surface area contributed by atoms with Gasteiger partial charge in [-0.25, -0.2) is 0 Å². The minimum Gasteiger partial charge on any atom is -0.316 e. The highest BCUT2D eigenvalue weighted by Gasteiger charge is 2.11. The van der Waals surface area contributed by atoms with E-state index < -0.39 is 4.92 Å². The summed E-state index contributed by atoms with van der Waals surface area (Å²) < 4.78 is 0. The molecule has 0 bridgehead atoms. The van der Waals surface area contributed by atoms with Gasteiger partial charge in [0.2, 0.25) is 0 Å². The van der Waals surface area contributed by atoms with Gasteiger partial charge in [0.15, 0.2) is 0 Å². The zero-order valence-corrected chi connectivity index (χ0v) is 8.99. The summed E-state index contributed by atoms with van der Waals surface area (Å²) in [6.07, 6.45) is 3.69. The number of nitrogens with one attached hydrogen (secondary N) is 1. The van der Waals surface area contributed by atoms with Gasteiger partial charge in [0.1, 0.15) is 5.02 Å². The van der Waals surface area contributed by atoms with Gasteiger partial charge >= 0.3 is 0 Å². The van der Waals surface area contributed by atoms with Gasteiger partial charge in [-0.1, -0.05) is 29.8 Å². The lowest BCUT2D eigenvalue weighted by molar-refractivity contribution is -0.384. The van der Waals surface area contributed by atoms with Gasteiger partial charge in [0.05, 0.1) is 4.92 Å². The van der Waals surface area contributed by atoms with E-state index >= 15 is 0 Å². The van der Waals surface area contributed by atoms with E-state index in [0.717, 1.165) is 12.1 Å². The van der Waals surface area contributed by atoms with Crippen LogP contribution in [-0.2, 0) is 0 Å². The Hall–Kier alpha value is -1.39. The molecular weight excluding hydrogens is 216 g/mol. The number of rotatable bonds is 4. The van der Waals surface area contributed by atoms with Crippen LogP contribution in [0.15, 0.2) is 24.3 Å². The summed E-state index contributed by atoms with van der Waals surface area (Å²) in [5, 5.41) is 13.7. The molecule has 4 nitrogen and oxygen atoms in total. The molecule has 0 aliphatic heterocycles. The summed E-state index contributed by atoms with van der Waals surface area (Å²) in [5.74, 6) is 0. The lowest BCUT2D eigenvalue weighted by Crippen LogP contribution is -2.03. The van der Waals surface area contributed by atoms with Gasteiger partial charge in [0.25, 0.3) is 5.69 Å². The Bertz CT molecular complexity index is 391. The molecule has 15 heavy (non-hydrogen) atoms. The molecule has 0 spiro atoms. The summed E-state index contributed by atoms with van der Waals surface area (Å²) in [4.78, 5) is 10.1. The monoisotopic (exact) mass is 226 g/mol. The van der Waals surface area contributed by atoms with Crippen LogP contribution in [0.4, 0.5) is 5.69 Å². The molecule has 0 fully saturated rings. The Labute approximate surface area is 92.7 Å². The Balaban J connectivity index is 2.92. The van der Waals surface area contributed by atoms with Crippen molar-refractivity contribution in [2.24, 2.45) is 0 Å². The molecule has 0 amide bonds. The molecule has 0 radical (unpaired) electrons. The third-order valence-electron chi connectivity index (χ3n) is 1.80. The average molecular weight is 227 g/mol. The summed E-state index contributed by atoms with van der Waals surface area (Å²) in [7, 11) is 1.83. The van der Waals surface area contributed by atoms with Gasteiger partial charge < -0.3 is 5.32 Å². The molecule has 5 heteroatoms. The molecule has 0 unspecified atom stereocenters. The third kappa shape index (κ3) is 3.34. The summed E-state index contributed by atoms with van der Waals surface area (Å²) in [5.41, 5.74) is 0.699. The fraction of sp³-hybridized carbons (Fsp3) is 0.200. The van der Waals surface area contributed by atoms with Crippen LogP contribution in [0.25, 0.3) is 6.08 Å². The van der Waals surface area contributed by atoms with Gasteiger partial charge in [-0.3, -0.25) is 10.1 Å². The van der Waals surface area contributed by atoms with Crippen LogP contribution in [0.5, 0.6) is 0 Å². The molecule has 0 atom stereocenters. The number of nitro benzene ring substituents is 1. The predicted octanol–water partition coefficient (Wildman–Crippen LogP) is 2.48. The second-order valence-electron chi connectivity index (χ2n) is 2.93. The van der Waals surface area contributed by atoms with E-state index in [9.17, 15) is 10.1 Å². The van der Waals surface area contributed by atoms with Crippen molar-refractivity contribution in [2.45, 2.75) is 0 Å². The fourth-order valence-electron chi connectivity index (χ4n) is 1.09. The van der Waals surface area contributed by atoms with Crippen LogP contribution in [0.3, 0.4) is 0 Å². The number of nitro groups is 1. The van der Waals surface area contributed by atoms with Crippen LogP contribution < -0.4 is 5.32 Å². The first-order valence-corrected chi connectivity index (χ1v) is 4.78. The molecule has 0 aliphatic rings. The number of nitrogens with zero attached hydrogens (tertiary/aromatic N) is 1.